The normalized spacial score (nSPS) is 19.0. The number of hydrogen-bond acceptors (Lipinski definition) is 5. The molecule has 0 spiro atoms. The van der Waals surface area contributed by atoms with Crippen molar-refractivity contribution >= 4 is 52.2 Å². The van der Waals surface area contributed by atoms with Crippen molar-refractivity contribution in [2.45, 2.75) is 31.7 Å². The van der Waals surface area contributed by atoms with E-state index in [1.807, 2.05) is 35.2 Å². The SMILES string of the molecule is O=C(O)c1cc(-c2ccc(/C=C3\SC(=Nc4ccccc4)N(C4CCCC4)C3=O)o2)ccc1Cl. The third-order valence-corrected chi connectivity index (χ3v) is 7.20. The molecule has 34 heavy (non-hydrogen) atoms. The van der Waals surface area contributed by atoms with E-state index >= 15 is 0 Å². The molecule has 1 aromatic heterocycles. The maximum absolute atomic E-state index is 13.4. The fraction of sp³-hybridized carbons (Fsp3) is 0.192. The molecule has 6 nitrogen and oxygen atoms in total. The number of carbonyl (C=O) groups excluding carboxylic acids is 1. The van der Waals surface area contributed by atoms with Gasteiger partial charge in [-0.05, 0) is 67.1 Å². The van der Waals surface area contributed by atoms with Gasteiger partial charge in [0.25, 0.3) is 5.91 Å². The van der Waals surface area contributed by atoms with Crippen molar-refractivity contribution in [3.63, 3.8) is 0 Å². The Morgan fingerprint density at radius 3 is 2.62 bits per heavy atom. The Hall–Kier alpha value is -3.29. The number of carboxylic acids is 1. The van der Waals surface area contributed by atoms with Crippen molar-refractivity contribution in [1.82, 2.24) is 4.90 Å². The zero-order chi connectivity index (χ0) is 23.7. The Bertz CT molecular complexity index is 1310. The van der Waals surface area contributed by atoms with Crippen LogP contribution in [-0.2, 0) is 4.79 Å². The minimum Gasteiger partial charge on any atom is -0.478 e. The second-order valence-corrected chi connectivity index (χ2v) is 9.57. The summed E-state index contributed by atoms with van der Waals surface area (Å²) >= 11 is 7.32. The first kappa shape index (κ1) is 22.5. The molecule has 1 amide bonds. The molecule has 1 aliphatic carbocycles. The average Bonchev–Trinajstić information content (AvgIpc) is 3.57. The van der Waals surface area contributed by atoms with Crippen LogP contribution in [0.4, 0.5) is 5.69 Å². The largest absolute Gasteiger partial charge is 0.478 e. The lowest BCUT2D eigenvalue weighted by molar-refractivity contribution is -0.123. The number of carbonyl (C=O) groups is 2. The maximum atomic E-state index is 13.4. The second kappa shape index (κ2) is 9.52. The lowest BCUT2D eigenvalue weighted by atomic mass is 10.1. The summed E-state index contributed by atoms with van der Waals surface area (Å²) in [6.07, 6.45) is 5.89. The van der Waals surface area contributed by atoms with Gasteiger partial charge in [0.05, 0.1) is 21.2 Å². The lowest BCUT2D eigenvalue weighted by Gasteiger charge is -2.22. The number of thioether (sulfide) groups is 1. The molecule has 0 radical (unpaired) electrons. The van der Waals surface area contributed by atoms with Gasteiger partial charge in [-0.3, -0.25) is 9.69 Å². The highest BCUT2D eigenvalue weighted by Crippen LogP contribution is 2.39. The van der Waals surface area contributed by atoms with E-state index in [-0.39, 0.29) is 22.5 Å². The molecule has 1 saturated heterocycles. The highest BCUT2D eigenvalue weighted by Gasteiger charge is 2.39. The van der Waals surface area contributed by atoms with Gasteiger partial charge >= 0.3 is 5.97 Å². The summed E-state index contributed by atoms with van der Waals surface area (Å²) in [4.78, 5) is 31.9. The molecule has 1 N–H and O–H groups in total. The van der Waals surface area contributed by atoms with Crippen LogP contribution in [0.5, 0.6) is 0 Å². The minimum absolute atomic E-state index is 0.00553. The summed E-state index contributed by atoms with van der Waals surface area (Å²) < 4.78 is 5.93. The number of aromatic carboxylic acids is 1. The van der Waals surface area contributed by atoms with Crippen molar-refractivity contribution < 1.29 is 19.1 Å². The summed E-state index contributed by atoms with van der Waals surface area (Å²) in [7, 11) is 0. The van der Waals surface area contributed by atoms with Gasteiger partial charge < -0.3 is 9.52 Å². The number of aliphatic imine (C=N–C) groups is 1. The summed E-state index contributed by atoms with van der Waals surface area (Å²) in [6.45, 7) is 0. The van der Waals surface area contributed by atoms with Gasteiger partial charge in [-0.1, -0.05) is 42.6 Å². The first-order valence-corrected chi connectivity index (χ1v) is 12.2. The van der Waals surface area contributed by atoms with Crippen LogP contribution >= 0.6 is 23.4 Å². The Balaban J connectivity index is 1.45. The summed E-state index contributed by atoms with van der Waals surface area (Å²) in [5.74, 6) is -0.174. The van der Waals surface area contributed by atoms with Crippen molar-refractivity contribution in [3.05, 3.63) is 81.9 Å². The van der Waals surface area contributed by atoms with Crippen LogP contribution in [0.1, 0.15) is 41.8 Å². The lowest BCUT2D eigenvalue weighted by Crippen LogP contribution is -2.37. The van der Waals surface area contributed by atoms with E-state index in [4.69, 9.17) is 21.0 Å². The third-order valence-electron chi connectivity index (χ3n) is 5.89. The van der Waals surface area contributed by atoms with Gasteiger partial charge in [-0.2, -0.15) is 0 Å². The van der Waals surface area contributed by atoms with Crippen molar-refractivity contribution in [2.24, 2.45) is 4.99 Å². The standard InChI is InChI=1S/C26H21ClN2O4S/c27-21-12-10-16(14-20(21)25(31)32)22-13-11-19(33-22)15-23-24(30)29(18-8-4-5-9-18)26(34-23)28-17-6-2-1-3-7-17/h1-3,6-7,10-15,18H,4-5,8-9H2,(H,31,32)/b23-15-,28-26?. The molecule has 172 valence electrons. The van der Waals surface area contributed by atoms with E-state index in [9.17, 15) is 14.7 Å². The first-order chi connectivity index (χ1) is 16.5. The van der Waals surface area contributed by atoms with Gasteiger partial charge in [-0.15, -0.1) is 0 Å². The molecule has 2 aromatic carbocycles. The van der Waals surface area contributed by atoms with Crippen molar-refractivity contribution in [3.8, 4) is 11.3 Å². The Morgan fingerprint density at radius 1 is 1.12 bits per heavy atom. The molecule has 8 heteroatoms. The fourth-order valence-corrected chi connectivity index (χ4v) is 5.46. The zero-order valence-electron chi connectivity index (χ0n) is 18.1. The summed E-state index contributed by atoms with van der Waals surface area (Å²) in [6, 6.07) is 18.0. The highest BCUT2D eigenvalue weighted by molar-refractivity contribution is 8.18. The minimum atomic E-state index is -1.11. The Labute approximate surface area is 205 Å². The molecule has 0 atom stereocenters. The predicted molar refractivity (Wildman–Crippen MR) is 134 cm³/mol. The van der Waals surface area contributed by atoms with Gasteiger partial charge in [-0.25, -0.2) is 9.79 Å². The molecule has 0 unspecified atom stereocenters. The highest BCUT2D eigenvalue weighted by atomic mass is 35.5. The van der Waals surface area contributed by atoms with Crippen molar-refractivity contribution in [2.75, 3.05) is 0 Å². The van der Waals surface area contributed by atoms with E-state index in [1.165, 1.54) is 23.9 Å². The number of amidine groups is 1. The fourth-order valence-electron chi connectivity index (χ4n) is 4.22. The average molecular weight is 493 g/mol. The number of hydrogen-bond donors (Lipinski definition) is 1. The molecule has 0 bridgehead atoms. The van der Waals surface area contributed by atoms with E-state index in [0.29, 0.717) is 27.2 Å². The van der Waals surface area contributed by atoms with E-state index in [2.05, 4.69) is 0 Å². The number of amides is 1. The van der Waals surface area contributed by atoms with Crippen molar-refractivity contribution in [1.29, 1.82) is 0 Å². The Morgan fingerprint density at radius 2 is 1.88 bits per heavy atom. The van der Waals surface area contributed by atoms with Gasteiger partial charge in [0.1, 0.15) is 11.5 Å². The van der Waals surface area contributed by atoms with E-state index in [0.717, 1.165) is 31.4 Å². The number of carboxylic acid groups (broad SMARTS) is 1. The zero-order valence-corrected chi connectivity index (χ0v) is 19.7. The van der Waals surface area contributed by atoms with Crippen LogP contribution in [0.15, 0.2) is 75.0 Å². The number of rotatable bonds is 5. The van der Waals surface area contributed by atoms with Crippen LogP contribution in [0, 0.1) is 0 Å². The first-order valence-electron chi connectivity index (χ1n) is 11.0. The molecule has 1 aliphatic heterocycles. The smallest absolute Gasteiger partial charge is 0.337 e. The molecule has 2 heterocycles. The number of furan rings is 1. The molecule has 2 aliphatic rings. The Kier molecular flexibility index (Phi) is 6.30. The van der Waals surface area contributed by atoms with Crippen LogP contribution < -0.4 is 0 Å². The number of nitrogens with zero attached hydrogens (tertiary/aromatic N) is 2. The van der Waals surface area contributed by atoms with Crippen LogP contribution in [0.25, 0.3) is 17.4 Å². The maximum Gasteiger partial charge on any atom is 0.337 e. The monoisotopic (exact) mass is 492 g/mol. The van der Waals surface area contributed by atoms with Crippen LogP contribution in [0.2, 0.25) is 5.02 Å². The topological polar surface area (TPSA) is 83.1 Å². The van der Waals surface area contributed by atoms with Gasteiger partial charge in [0.2, 0.25) is 0 Å². The van der Waals surface area contributed by atoms with E-state index < -0.39 is 5.97 Å². The molecule has 3 aromatic rings. The third kappa shape index (κ3) is 4.54. The molecule has 5 rings (SSSR count). The van der Waals surface area contributed by atoms with Gasteiger partial charge in [0, 0.05) is 17.7 Å². The van der Waals surface area contributed by atoms with Crippen LogP contribution in [0.3, 0.4) is 0 Å². The summed E-state index contributed by atoms with van der Waals surface area (Å²) in [5, 5.41) is 10.2. The molecular formula is C26H21ClN2O4S. The number of para-hydroxylation sites is 1. The molecular weight excluding hydrogens is 472 g/mol. The van der Waals surface area contributed by atoms with Gasteiger partial charge in [0.15, 0.2) is 5.17 Å². The number of halogens is 1. The molecule has 1 saturated carbocycles. The quantitative estimate of drug-likeness (QED) is 0.394. The molecule has 2 fully saturated rings. The van der Waals surface area contributed by atoms with Crippen LogP contribution in [-0.4, -0.2) is 33.1 Å². The second-order valence-electron chi connectivity index (χ2n) is 8.16. The predicted octanol–water partition coefficient (Wildman–Crippen LogP) is 6.84. The van der Waals surface area contributed by atoms with E-state index in [1.54, 1.807) is 24.3 Å². The summed E-state index contributed by atoms with van der Waals surface area (Å²) in [5.41, 5.74) is 1.40. The number of benzene rings is 2.